The van der Waals surface area contributed by atoms with Crippen LogP contribution in [0.1, 0.15) is 56.4 Å². The highest BCUT2D eigenvalue weighted by Crippen LogP contribution is 2.30. The standard InChI is InChI=1S/C32H40ClN3O4S/c1-8-28(31(38)34-32(5,6)7)35(20-25-11-9-10-23(3)18-25)30(37)21-36(29-19-26(33)15-14-24(29)4)41(39,40)27-16-12-22(2)13-17-27/h9-19,28H,8,20-21H2,1-7H3,(H,34,38). The van der Waals surface area contributed by atoms with Gasteiger partial charge in [-0.1, -0.05) is 72.1 Å². The highest BCUT2D eigenvalue weighted by atomic mass is 35.5. The summed E-state index contributed by atoms with van der Waals surface area (Å²) >= 11 is 6.31. The average molecular weight is 598 g/mol. The molecule has 3 aromatic rings. The van der Waals surface area contributed by atoms with Crippen LogP contribution >= 0.6 is 11.6 Å². The largest absolute Gasteiger partial charge is 0.350 e. The van der Waals surface area contributed by atoms with Crippen LogP contribution in [-0.2, 0) is 26.2 Å². The van der Waals surface area contributed by atoms with Crippen molar-refractivity contribution < 1.29 is 18.0 Å². The van der Waals surface area contributed by atoms with Crippen molar-refractivity contribution in [2.45, 2.75) is 77.9 Å². The van der Waals surface area contributed by atoms with Gasteiger partial charge in [0.15, 0.2) is 0 Å². The second-order valence-corrected chi connectivity index (χ2v) is 13.7. The monoisotopic (exact) mass is 597 g/mol. The fourth-order valence-electron chi connectivity index (χ4n) is 4.58. The van der Waals surface area contributed by atoms with Crippen molar-refractivity contribution >= 4 is 39.1 Å². The minimum absolute atomic E-state index is 0.0537. The number of sulfonamides is 1. The van der Waals surface area contributed by atoms with Crippen molar-refractivity contribution in [1.29, 1.82) is 0 Å². The highest BCUT2D eigenvalue weighted by Gasteiger charge is 2.35. The number of carbonyl (C=O) groups is 2. The number of nitrogens with zero attached hydrogens (tertiary/aromatic N) is 2. The van der Waals surface area contributed by atoms with Crippen LogP contribution in [0.15, 0.2) is 71.6 Å². The molecule has 0 saturated heterocycles. The molecule has 3 rings (SSSR count). The lowest BCUT2D eigenvalue weighted by molar-refractivity contribution is -0.141. The van der Waals surface area contributed by atoms with Crippen LogP contribution in [0.3, 0.4) is 0 Å². The van der Waals surface area contributed by atoms with Gasteiger partial charge in [0.2, 0.25) is 11.8 Å². The Bertz CT molecular complexity index is 1500. The zero-order chi connectivity index (χ0) is 30.5. The van der Waals surface area contributed by atoms with E-state index in [1.54, 1.807) is 37.3 Å². The zero-order valence-corrected chi connectivity index (χ0v) is 26.4. The summed E-state index contributed by atoms with van der Waals surface area (Å²) in [6.07, 6.45) is 0.348. The Morgan fingerprint density at radius 3 is 2.17 bits per heavy atom. The Kier molecular flexibility index (Phi) is 10.3. The molecule has 0 heterocycles. The van der Waals surface area contributed by atoms with Gasteiger partial charge < -0.3 is 10.2 Å². The number of benzene rings is 3. The van der Waals surface area contributed by atoms with Gasteiger partial charge in [-0.2, -0.15) is 0 Å². The van der Waals surface area contributed by atoms with E-state index in [0.717, 1.165) is 21.0 Å². The van der Waals surface area contributed by atoms with E-state index in [2.05, 4.69) is 5.32 Å². The number of amides is 2. The summed E-state index contributed by atoms with van der Waals surface area (Å²) in [5, 5.41) is 3.33. The minimum Gasteiger partial charge on any atom is -0.350 e. The van der Waals surface area contributed by atoms with Crippen LogP contribution in [0.2, 0.25) is 5.02 Å². The van der Waals surface area contributed by atoms with Gasteiger partial charge in [0, 0.05) is 17.1 Å². The highest BCUT2D eigenvalue weighted by molar-refractivity contribution is 7.92. The van der Waals surface area contributed by atoms with Crippen molar-refractivity contribution in [3.63, 3.8) is 0 Å². The number of halogens is 1. The molecule has 0 aliphatic heterocycles. The van der Waals surface area contributed by atoms with E-state index in [1.807, 2.05) is 65.8 Å². The van der Waals surface area contributed by atoms with Crippen LogP contribution in [-0.4, -0.2) is 43.3 Å². The molecule has 1 atom stereocenters. The maximum absolute atomic E-state index is 14.2. The summed E-state index contributed by atoms with van der Waals surface area (Å²) < 4.78 is 29.2. The van der Waals surface area contributed by atoms with Crippen LogP contribution in [0.25, 0.3) is 0 Å². The second kappa shape index (κ2) is 13.1. The quantitative estimate of drug-likeness (QED) is 0.302. The summed E-state index contributed by atoms with van der Waals surface area (Å²) in [6, 6.07) is 18.3. The van der Waals surface area contributed by atoms with E-state index < -0.39 is 34.1 Å². The van der Waals surface area contributed by atoms with Gasteiger partial charge in [0.05, 0.1) is 10.6 Å². The second-order valence-electron chi connectivity index (χ2n) is 11.4. The molecule has 0 bridgehead atoms. The smallest absolute Gasteiger partial charge is 0.264 e. The maximum atomic E-state index is 14.2. The first kappa shape index (κ1) is 32.2. The van der Waals surface area contributed by atoms with E-state index in [0.29, 0.717) is 22.7 Å². The number of aryl methyl sites for hydroxylation is 3. The Morgan fingerprint density at radius 1 is 0.927 bits per heavy atom. The SMILES string of the molecule is CCC(C(=O)NC(C)(C)C)N(Cc1cccc(C)c1)C(=O)CN(c1cc(Cl)ccc1C)S(=O)(=O)c1ccc(C)cc1. The summed E-state index contributed by atoms with van der Waals surface area (Å²) in [4.78, 5) is 29.2. The third kappa shape index (κ3) is 8.33. The molecule has 0 aliphatic rings. The zero-order valence-electron chi connectivity index (χ0n) is 24.9. The first-order valence-electron chi connectivity index (χ1n) is 13.6. The molecule has 9 heteroatoms. The van der Waals surface area contributed by atoms with E-state index in [9.17, 15) is 18.0 Å². The molecular formula is C32H40ClN3O4S. The number of anilines is 1. The van der Waals surface area contributed by atoms with Crippen LogP contribution in [0.4, 0.5) is 5.69 Å². The summed E-state index contributed by atoms with van der Waals surface area (Å²) in [6.45, 7) is 12.7. The lowest BCUT2D eigenvalue weighted by Gasteiger charge is -2.35. The fraction of sp³-hybridized carbons (Fsp3) is 0.375. The molecule has 2 amide bonds. The third-order valence-electron chi connectivity index (χ3n) is 6.65. The number of carbonyl (C=O) groups excluding carboxylic acids is 2. The molecule has 220 valence electrons. The van der Waals surface area contributed by atoms with Crippen LogP contribution < -0.4 is 9.62 Å². The normalized spacial score (nSPS) is 12.5. The predicted molar refractivity (Wildman–Crippen MR) is 166 cm³/mol. The van der Waals surface area contributed by atoms with E-state index >= 15 is 0 Å². The minimum atomic E-state index is -4.17. The van der Waals surface area contributed by atoms with Gasteiger partial charge in [0.1, 0.15) is 12.6 Å². The molecule has 3 aromatic carbocycles. The van der Waals surface area contributed by atoms with Gasteiger partial charge >= 0.3 is 0 Å². The Labute approximate surface area is 249 Å². The first-order chi connectivity index (χ1) is 19.1. The number of hydrogen-bond acceptors (Lipinski definition) is 4. The summed E-state index contributed by atoms with van der Waals surface area (Å²) in [7, 11) is -4.17. The van der Waals surface area contributed by atoms with Crippen molar-refractivity contribution in [3.05, 3.63) is 94.0 Å². The number of nitrogens with one attached hydrogen (secondary N) is 1. The predicted octanol–water partition coefficient (Wildman–Crippen LogP) is 6.18. The molecule has 1 N–H and O–H groups in total. The van der Waals surface area contributed by atoms with Gasteiger partial charge in [-0.3, -0.25) is 13.9 Å². The molecule has 0 saturated carbocycles. The molecular weight excluding hydrogens is 558 g/mol. The van der Waals surface area contributed by atoms with E-state index in [1.165, 1.54) is 17.0 Å². The molecule has 41 heavy (non-hydrogen) atoms. The van der Waals surface area contributed by atoms with Crippen LogP contribution in [0, 0.1) is 20.8 Å². The third-order valence-corrected chi connectivity index (χ3v) is 8.66. The molecule has 1 unspecified atom stereocenters. The van der Waals surface area contributed by atoms with Crippen molar-refractivity contribution in [2.24, 2.45) is 0 Å². The van der Waals surface area contributed by atoms with Gasteiger partial charge in [-0.25, -0.2) is 8.42 Å². The van der Waals surface area contributed by atoms with Crippen molar-refractivity contribution in [2.75, 3.05) is 10.8 Å². The lowest BCUT2D eigenvalue weighted by atomic mass is 10.0. The average Bonchev–Trinajstić information content (AvgIpc) is 2.87. The lowest BCUT2D eigenvalue weighted by Crippen LogP contribution is -2.55. The fourth-order valence-corrected chi connectivity index (χ4v) is 6.22. The van der Waals surface area contributed by atoms with Gasteiger partial charge in [-0.05, 0) is 83.4 Å². The van der Waals surface area contributed by atoms with Gasteiger partial charge in [-0.15, -0.1) is 0 Å². The Balaban J connectivity index is 2.12. The van der Waals surface area contributed by atoms with Crippen molar-refractivity contribution in [1.82, 2.24) is 10.2 Å². The molecule has 0 aromatic heterocycles. The van der Waals surface area contributed by atoms with Gasteiger partial charge in [0.25, 0.3) is 10.0 Å². The summed E-state index contributed by atoms with van der Waals surface area (Å²) in [5.74, 6) is -0.801. The molecule has 7 nitrogen and oxygen atoms in total. The van der Waals surface area contributed by atoms with E-state index in [4.69, 9.17) is 11.6 Å². The molecule has 0 spiro atoms. The molecule has 0 fully saturated rings. The number of hydrogen-bond donors (Lipinski definition) is 1. The molecule has 0 aliphatic carbocycles. The first-order valence-corrected chi connectivity index (χ1v) is 15.5. The maximum Gasteiger partial charge on any atom is 0.264 e. The van der Waals surface area contributed by atoms with E-state index in [-0.39, 0.29) is 17.3 Å². The van der Waals surface area contributed by atoms with Crippen molar-refractivity contribution in [3.8, 4) is 0 Å². The topological polar surface area (TPSA) is 86.8 Å². The summed E-state index contributed by atoms with van der Waals surface area (Å²) in [5.41, 5.74) is 3.19. The number of rotatable bonds is 10. The Hall–Kier alpha value is -3.36. The van der Waals surface area contributed by atoms with Crippen LogP contribution in [0.5, 0.6) is 0 Å². The Morgan fingerprint density at radius 2 is 1.59 bits per heavy atom. The molecule has 0 radical (unpaired) electrons.